The summed E-state index contributed by atoms with van der Waals surface area (Å²) in [5.74, 6) is 0. The van der Waals surface area contributed by atoms with E-state index in [9.17, 15) is 8.42 Å². The van der Waals surface area contributed by atoms with Crippen LogP contribution in [0.1, 0.15) is 0 Å². The Morgan fingerprint density at radius 3 is 1.83 bits per heavy atom. The molecule has 0 aliphatic carbocycles. The summed E-state index contributed by atoms with van der Waals surface area (Å²) in [7, 11) is -2.60. The van der Waals surface area contributed by atoms with E-state index in [0.717, 1.165) is 22.5 Å². The molecule has 0 amide bonds. The van der Waals surface area contributed by atoms with Gasteiger partial charge in [0, 0.05) is 0 Å². The minimum absolute atomic E-state index is 0.373. The molecule has 0 N–H and O–H groups in total. The Bertz CT molecular complexity index is 114. The van der Waals surface area contributed by atoms with Crippen molar-refractivity contribution in [3.63, 3.8) is 0 Å². The molecule has 0 unspecified atom stereocenters. The van der Waals surface area contributed by atoms with Gasteiger partial charge in [0.1, 0.15) is 0 Å². The SMILES string of the molecule is CS(=O)(=O)[CH2][SnH]. The molecule has 0 aliphatic rings. The van der Waals surface area contributed by atoms with Crippen LogP contribution >= 0.6 is 0 Å². The number of hydrogen-bond donors (Lipinski definition) is 0. The fourth-order valence-corrected chi connectivity index (χ4v) is 0. The van der Waals surface area contributed by atoms with Gasteiger partial charge in [-0.2, -0.15) is 0 Å². The normalized spacial score (nSPS) is 11.7. The molecule has 0 rings (SSSR count). The molecule has 0 saturated heterocycles. The molecule has 2 nitrogen and oxygen atoms in total. The van der Waals surface area contributed by atoms with Gasteiger partial charge in [0.15, 0.2) is 0 Å². The molecule has 2 radical (unpaired) electrons. The summed E-state index contributed by atoms with van der Waals surface area (Å²) in [4.78, 5) is 0. The van der Waals surface area contributed by atoms with Gasteiger partial charge in [0.2, 0.25) is 0 Å². The third kappa shape index (κ3) is 4.75. The second kappa shape index (κ2) is 2.16. The van der Waals surface area contributed by atoms with Gasteiger partial charge in [-0.3, -0.25) is 0 Å². The van der Waals surface area contributed by atoms with Gasteiger partial charge >= 0.3 is 50.8 Å². The standard InChI is InChI=1S/C2H5O2S.Sn.H/c1-5(2,3)4;;/h1H2,2H3;;. The van der Waals surface area contributed by atoms with E-state index >= 15 is 0 Å². The van der Waals surface area contributed by atoms with Gasteiger partial charge in [0.25, 0.3) is 0 Å². The topological polar surface area (TPSA) is 34.1 Å². The van der Waals surface area contributed by atoms with Crippen LogP contribution < -0.4 is 0 Å². The maximum absolute atomic E-state index is 10.0. The summed E-state index contributed by atoms with van der Waals surface area (Å²) in [5, 5.41) is 0. The first-order valence-electron chi connectivity index (χ1n) is 1.44. The van der Waals surface area contributed by atoms with Crippen molar-refractivity contribution < 1.29 is 8.42 Å². The second-order valence-corrected chi connectivity index (χ2v) is 6.13. The van der Waals surface area contributed by atoms with Crippen molar-refractivity contribution in [1.29, 1.82) is 0 Å². The Labute approximate surface area is 50.9 Å². The van der Waals surface area contributed by atoms with Gasteiger partial charge in [-0.1, -0.05) is 0 Å². The monoisotopic (exact) mass is 214 g/mol. The number of sulfone groups is 1. The van der Waals surface area contributed by atoms with Gasteiger partial charge in [0.05, 0.1) is 0 Å². The minimum atomic E-state index is -2.60. The van der Waals surface area contributed by atoms with E-state index in [2.05, 4.69) is 0 Å². The Hall–Kier alpha value is 0.749. The fraction of sp³-hybridized carbons (Fsp3) is 1.00. The molecule has 0 saturated carbocycles. The van der Waals surface area contributed by atoms with Crippen molar-refractivity contribution in [3.8, 4) is 0 Å². The first-order chi connectivity index (χ1) is 2.56. The predicted octanol–water partition coefficient (Wildman–Crippen LogP) is -1.11. The summed E-state index contributed by atoms with van der Waals surface area (Å²) in [6.45, 7) is 0. The van der Waals surface area contributed by atoms with E-state index in [4.69, 9.17) is 0 Å². The number of hydrogen-bond acceptors (Lipinski definition) is 2. The molecule has 0 spiro atoms. The maximum atomic E-state index is 10.0. The molecule has 0 aromatic carbocycles. The molecule has 0 bridgehead atoms. The van der Waals surface area contributed by atoms with Gasteiger partial charge in [-0.25, -0.2) is 0 Å². The van der Waals surface area contributed by atoms with Crippen LogP contribution in [0.25, 0.3) is 0 Å². The van der Waals surface area contributed by atoms with Gasteiger partial charge < -0.3 is 0 Å². The Morgan fingerprint density at radius 2 is 1.83 bits per heavy atom. The molecule has 0 heterocycles. The number of rotatable bonds is 1. The quantitative estimate of drug-likeness (QED) is 0.517. The zero-order valence-electron chi connectivity index (χ0n) is 3.51. The first-order valence-corrected chi connectivity index (χ1v) is 5.83. The van der Waals surface area contributed by atoms with Crippen molar-refractivity contribution >= 4 is 32.4 Å². The van der Waals surface area contributed by atoms with E-state index in [1.807, 2.05) is 0 Å². The van der Waals surface area contributed by atoms with E-state index in [0.29, 0.717) is 3.77 Å². The van der Waals surface area contributed by atoms with Crippen LogP contribution in [-0.2, 0) is 9.84 Å². The average Bonchev–Trinajstić information content (AvgIpc) is 1.35. The van der Waals surface area contributed by atoms with Crippen molar-refractivity contribution in [2.75, 3.05) is 10.0 Å². The first kappa shape index (κ1) is 6.75. The van der Waals surface area contributed by atoms with E-state index < -0.39 is 9.84 Å². The Kier molecular flexibility index (Phi) is 2.43. The summed E-state index contributed by atoms with van der Waals surface area (Å²) < 4.78 is 20.4. The molecule has 0 atom stereocenters. The van der Waals surface area contributed by atoms with Gasteiger partial charge in [-0.15, -0.1) is 0 Å². The van der Waals surface area contributed by atoms with Crippen LogP contribution in [0.3, 0.4) is 0 Å². The Balaban J connectivity index is 3.85. The molecule has 0 aromatic heterocycles. The molecule has 0 fully saturated rings. The third-order valence-electron chi connectivity index (χ3n) is 0.303. The zero-order valence-corrected chi connectivity index (χ0v) is 7.62. The molecule has 6 heavy (non-hydrogen) atoms. The summed E-state index contributed by atoms with van der Waals surface area (Å²) in [6, 6.07) is 0. The van der Waals surface area contributed by atoms with Crippen LogP contribution in [0.2, 0.25) is 0 Å². The molecule has 36 valence electrons. The zero-order chi connectivity index (χ0) is 5.21. The van der Waals surface area contributed by atoms with Crippen molar-refractivity contribution in [2.24, 2.45) is 0 Å². The van der Waals surface area contributed by atoms with Crippen molar-refractivity contribution in [2.45, 2.75) is 0 Å². The summed E-state index contributed by atoms with van der Waals surface area (Å²) in [6.07, 6.45) is 1.25. The summed E-state index contributed by atoms with van der Waals surface area (Å²) >= 11 is 0.815. The van der Waals surface area contributed by atoms with Crippen molar-refractivity contribution in [3.05, 3.63) is 0 Å². The van der Waals surface area contributed by atoms with Crippen LogP contribution in [0.5, 0.6) is 0 Å². The molecule has 0 aromatic rings. The van der Waals surface area contributed by atoms with Crippen LogP contribution in [0, 0.1) is 0 Å². The van der Waals surface area contributed by atoms with Crippen LogP contribution in [0.4, 0.5) is 0 Å². The molecular weight excluding hydrogens is 207 g/mol. The second-order valence-electron chi connectivity index (χ2n) is 1.09. The van der Waals surface area contributed by atoms with Crippen LogP contribution in [0.15, 0.2) is 0 Å². The average molecular weight is 213 g/mol. The fourth-order valence-electron chi connectivity index (χ4n) is 0. The van der Waals surface area contributed by atoms with E-state index in [1.165, 1.54) is 6.26 Å². The molecule has 4 heteroatoms. The molecule has 0 aliphatic heterocycles. The Morgan fingerprint density at radius 1 is 1.67 bits per heavy atom. The van der Waals surface area contributed by atoms with Crippen LogP contribution in [-0.4, -0.2) is 41.0 Å². The van der Waals surface area contributed by atoms with E-state index in [1.54, 1.807) is 0 Å². The summed E-state index contributed by atoms with van der Waals surface area (Å²) in [5.41, 5.74) is 0. The molecular formula is C2H6O2SSn. The third-order valence-corrected chi connectivity index (χ3v) is 6.09. The van der Waals surface area contributed by atoms with Gasteiger partial charge in [-0.05, 0) is 0 Å². The van der Waals surface area contributed by atoms with Crippen molar-refractivity contribution in [1.82, 2.24) is 0 Å². The predicted molar refractivity (Wildman–Crippen MR) is 26.9 cm³/mol. The van der Waals surface area contributed by atoms with E-state index in [-0.39, 0.29) is 0 Å².